The van der Waals surface area contributed by atoms with E-state index in [0.29, 0.717) is 29.7 Å². The molecule has 0 bridgehead atoms. The van der Waals surface area contributed by atoms with Crippen molar-refractivity contribution in [2.45, 2.75) is 64.7 Å². The quantitative estimate of drug-likeness (QED) is 0.165. The third kappa shape index (κ3) is 8.13. The molecular weight excluding hydrogens is 491 g/mol. The summed E-state index contributed by atoms with van der Waals surface area (Å²) < 4.78 is 14.7. The van der Waals surface area contributed by atoms with Gasteiger partial charge >= 0.3 is 0 Å². The number of rotatable bonds is 9. The van der Waals surface area contributed by atoms with Crippen molar-refractivity contribution in [1.82, 2.24) is 20.9 Å². The Hall–Kier alpha value is -3.72. The molecule has 39 heavy (non-hydrogen) atoms. The van der Waals surface area contributed by atoms with E-state index in [1.807, 2.05) is 32.2 Å². The van der Waals surface area contributed by atoms with Gasteiger partial charge in [0.15, 0.2) is 5.83 Å². The van der Waals surface area contributed by atoms with E-state index >= 15 is 0 Å². The van der Waals surface area contributed by atoms with Crippen LogP contribution in [0, 0.1) is 11.3 Å². The average molecular weight is 535 g/mol. The molecule has 4 atom stereocenters. The van der Waals surface area contributed by atoms with Crippen LogP contribution in [-0.2, 0) is 0 Å². The van der Waals surface area contributed by atoms with Crippen LogP contribution in [0.25, 0.3) is 6.08 Å². The predicted octanol–water partition coefficient (Wildman–Crippen LogP) is 3.55. The molecule has 1 aromatic rings. The zero-order chi connectivity index (χ0) is 28.4. The summed E-state index contributed by atoms with van der Waals surface area (Å²) in [5, 5.41) is 19.4. The molecule has 9 heteroatoms. The Morgan fingerprint density at radius 3 is 2.77 bits per heavy atom. The minimum atomic E-state index is -0.401. The van der Waals surface area contributed by atoms with Crippen LogP contribution in [0.4, 0.5) is 4.39 Å². The third-order valence-electron chi connectivity index (χ3n) is 6.74. The van der Waals surface area contributed by atoms with Crippen LogP contribution >= 0.6 is 0 Å². The van der Waals surface area contributed by atoms with Crippen molar-refractivity contribution in [1.29, 1.82) is 5.41 Å². The molecule has 8 nitrogen and oxygen atoms in total. The topological polar surface area (TPSA) is 126 Å². The number of nitrogens with zero attached hydrogens (tertiary/aromatic N) is 2. The van der Waals surface area contributed by atoms with Crippen LogP contribution in [-0.4, -0.2) is 42.1 Å². The number of hydrogen-bond acceptors (Lipinski definition) is 7. The molecular formula is C30H43FN8. The van der Waals surface area contributed by atoms with Crippen molar-refractivity contribution < 1.29 is 4.39 Å². The normalized spacial score (nSPS) is 24.4. The monoisotopic (exact) mass is 534 g/mol. The molecule has 2 aliphatic heterocycles. The van der Waals surface area contributed by atoms with E-state index in [-0.39, 0.29) is 18.2 Å². The van der Waals surface area contributed by atoms with Gasteiger partial charge in [-0.1, -0.05) is 37.8 Å². The van der Waals surface area contributed by atoms with Gasteiger partial charge in [0.05, 0.1) is 17.6 Å². The molecule has 1 fully saturated rings. The van der Waals surface area contributed by atoms with E-state index in [4.69, 9.17) is 11.1 Å². The predicted molar refractivity (Wildman–Crippen MR) is 160 cm³/mol. The maximum atomic E-state index is 14.7. The first-order valence-corrected chi connectivity index (χ1v) is 13.6. The van der Waals surface area contributed by atoms with Gasteiger partial charge in [0.25, 0.3) is 0 Å². The van der Waals surface area contributed by atoms with Gasteiger partial charge in [0, 0.05) is 42.2 Å². The highest BCUT2D eigenvalue weighted by Crippen LogP contribution is 2.23. The van der Waals surface area contributed by atoms with Crippen LogP contribution in [0.1, 0.15) is 58.2 Å². The fourth-order valence-electron chi connectivity index (χ4n) is 4.90. The number of aliphatic imine (C=N–C) groups is 1. The van der Waals surface area contributed by atoms with Crippen molar-refractivity contribution in [3.63, 3.8) is 0 Å². The van der Waals surface area contributed by atoms with Crippen molar-refractivity contribution in [2.75, 3.05) is 13.1 Å². The molecule has 1 saturated carbocycles. The smallest absolute Gasteiger partial charge is 0.180 e. The molecule has 210 valence electrons. The summed E-state index contributed by atoms with van der Waals surface area (Å²) in [6, 6.07) is 0.227. The Morgan fingerprint density at radius 1 is 1.31 bits per heavy atom. The van der Waals surface area contributed by atoms with E-state index in [0.717, 1.165) is 54.1 Å². The molecule has 4 rings (SSSR count). The lowest BCUT2D eigenvalue weighted by molar-refractivity contribution is 0.321. The fraction of sp³-hybridized carbons (Fsp3) is 0.433. The Morgan fingerprint density at radius 2 is 2.05 bits per heavy atom. The number of H-pyrrole nitrogens is 1. The van der Waals surface area contributed by atoms with E-state index in [9.17, 15) is 4.39 Å². The average Bonchev–Trinajstić information content (AvgIpc) is 3.33. The van der Waals surface area contributed by atoms with Crippen molar-refractivity contribution >= 4 is 18.0 Å². The number of allylic oxidation sites excluding steroid dienone is 4. The van der Waals surface area contributed by atoms with Gasteiger partial charge in [-0.2, -0.15) is 0 Å². The van der Waals surface area contributed by atoms with Crippen LogP contribution in [0.5, 0.6) is 0 Å². The van der Waals surface area contributed by atoms with Gasteiger partial charge in [0.1, 0.15) is 17.5 Å². The highest BCUT2D eigenvalue weighted by Gasteiger charge is 2.27. The molecule has 0 saturated heterocycles. The highest BCUT2D eigenvalue weighted by molar-refractivity contribution is 6.05. The molecule has 4 unspecified atom stereocenters. The maximum Gasteiger partial charge on any atom is 0.180 e. The molecule has 7 N–H and O–H groups in total. The van der Waals surface area contributed by atoms with Gasteiger partial charge in [-0.15, -0.1) is 6.58 Å². The number of halogens is 1. The van der Waals surface area contributed by atoms with E-state index in [2.05, 4.69) is 57.1 Å². The fourth-order valence-corrected chi connectivity index (χ4v) is 4.90. The molecule has 0 aromatic carbocycles. The summed E-state index contributed by atoms with van der Waals surface area (Å²) in [4.78, 5) is 12.2. The van der Waals surface area contributed by atoms with Crippen LogP contribution in [0.15, 0.2) is 76.6 Å². The molecule has 3 heterocycles. The van der Waals surface area contributed by atoms with E-state index in [1.165, 1.54) is 6.21 Å². The summed E-state index contributed by atoms with van der Waals surface area (Å²) in [7, 11) is 0. The number of fused-ring (bicyclic) bond motifs is 1. The number of hydrogen-bond donors (Lipinski definition) is 6. The lowest BCUT2D eigenvalue weighted by Crippen LogP contribution is -2.45. The SMILES string of the molecule is C=C(NC1CCCC(NC2=C(F)C=NC(c3c[nH]c4c3=CC(C)CN=4)N2)C1)C(=N)/C=C(\C=C/C)CN.C=CC. The number of nitrogens with one attached hydrogen (secondary N) is 5. The second kappa shape index (κ2) is 14.4. The summed E-state index contributed by atoms with van der Waals surface area (Å²) >= 11 is 0. The summed E-state index contributed by atoms with van der Waals surface area (Å²) in [5.41, 5.74) is 9.34. The van der Waals surface area contributed by atoms with E-state index < -0.39 is 5.83 Å². The molecule has 3 aliphatic rings. The molecule has 0 spiro atoms. The van der Waals surface area contributed by atoms with Crippen LogP contribution < -0.4 is 32.4 Å². The first-order chi connectivity index (χ1) is 18.8. The standard InChI is InChI=1S/C27H37FN8.C3H6/c1-4-6-18(12-29)10-24(30)17(3)34-19-7-5-8-20(11-19)35-27-23(28)15-33-26(36-27)22-14-32-25-21(22)9-16(2)13-31-25;1-3-2/h4,6,9-10,14-16,19-20,26,30,34-36H,3,5,7-8,11-13,29H2,1-2H3,(H,31,32);3H,1H2,2H3/b6-4-,18-10+,30-24?;. The van der Waals surface area contributed by atoms with Gasteiger partial charge in [-0.25, -0.2) is 4.39 Å². The minimum absolute atomic E-state index is 0.0820. The Bertz CT molecular complexity index is 1280. The first kappa shape index (κ1) is 29.8. The van der Waals surface area contributed by atoms with Crippen LogP contribution in [0.2, 0.25) is 0 Å². The minimum Gasteiger partial charge on any atom is -0.381 e. The maximum absolute atomic E-state index is 14.7. The number of aromatic amines is 1. The Balaban J connectivity index is 0.00000134. The summed E-state index contributed by atoms with van der Waals surface area (Å²) in [5.74, 6) is 0.320. The largest absolute Gasteiger partial charge is 0.381 e. The lowest BCUT2D eigenvalue weighted by Gasteiger charge is -2.34. The second-order valence-corrected chi connectivity index (χ2v) is 10.1. The summed E-state index contributed by atoms with van der Waals surface area (Å²) in [6.07, 6.45) is 16.0. The van der Waals surface area contributed by atoms with E-state index in [1.54, 1.807) is 12.2 Å². The zero-order valence-corrected chi connectivity index (χ0v) is 23.4. The molecule has 0 radical (unpaired) electrons. The zero-order valence-electron chi connectivity index (χ0n) is 23.4. The van der Waals surface area contributed by atoms with Crippen molar-refractivity contribution in [3.05, 3.63) is 82.8 Å². The second-order valence-electron chi connectivity index (χ2n) is 10.1. The first-order valence-electron chi connectivity index (χ1n) is 13.6. The van der Waals surface area contributed by atoms with Gasteiger partial charge < -0.3 is 26.7 Å². The van der Waals surface area contributed by atoms with Gasteiger partial charge in [0.2, 0.25) is 0 Å². The van der Waals surface area contributed by atoms with Crippen LogP contribution in [0.3, 0.4) is 0 Å². The molecule has 0 amide bonds. The molecule has 1 aromatic heterocycles. The third-order valence-corrected chi connectivity index (χ3v) is 6.74. The number of nitrogens with two attached hydrogens (primary N) is 1. The number of aromatic nitrogens is 1. The summed E-state index contributed by atoms with van der Waals surface area (Å²) in [6.45, 7) is 14.5. The lowest BCUT2D eigenvalue weighted by atomic mass is 9.90. The van der Waals surface area contributed by atoms with Gasteiger partial charge in [-0.05, 0) is 57.1 Å². The molecule has 1 aliphatic carbocycles. The van der Waals surface area contributed by atoms with Gasteiger partial charge in [-0.3, -0.25) is 15.4 Å². The van der Waals surface area contributed by atoms with Crippen molar-refractivity contribution in [2.24, 2.45) is 21.6 Å². The van der Waals surface area contributed by atoms with Crippen molar-refractivity contribution in [3.8, 4) is 0 Å². The Kier molecular flexibility index (Phi) is 11.0. The Labute approximate surface area is 231 Å². The highest BCUT2D eigenvalue weighted by atomic mass is 19.1.